The molecule has 0 spiro atoms. The lowest BCUT2D eigenvalue weighted by atomic mass is 9.88. The van der Waals surface area contributed by atoms with E-state index in [2.05, 4.69) is 9.97 Å². The summed E-state index contributed by atoms with van der Waals surface area (Å²) in [5.41, 5.74) is 7.39. The van der Waals surface area contributed by atoms with E-state index in [1.54, 1.807) is 19.2 Å². The minimum Gasteiger partial charge on any atom is -0.496 e. The quantitative estimate of drug-likeness (QED) is 0.810. The fraction of sp³-hybridized carbons (Fsp3) is 0.400. The van der Waals surface area contributed by atoms with Gasteiger partial charge in [-0.05, 0) is 23.6 Å². The number of carbonyl (C=O) groups excluding carboxylic acids is 1. The highest BCUT2D eigenvalue weighted by Gasteiger charge is 2.42. The number of para-hydroxylation sites is 1. The van der Waals surface area contributed by atoms with Gasteiger partial charge < -0.3 is 20.5 Å². The van der Waals surface area contributed by atoms with E-state index in [0.29, 0.717) is 11.4 Å². The van der Waals surface area contributed by atoms with E-state index in [9.17, 15) is 14.7 Å². The first-order valence-electron chi connectivity index (χ1n) is 9.11. The molecule has 1 saturated heterocycles. The van der Waals surface area contributed by atoms with E-state index >= 15 is 0 Å². The number of amides is 1. The normalized spacial score (nSPS) is 19.1. The molecule has 3 rings (SSSR count). The van der Waals surface area contributed by atoms with E-state index in [0.717, 1.165) is 5.56 Å². The zero-order valence-corrected chi connectivity index (χ0v) is 16.1. The second kappa shape index (κ2) is 7.84. The van der Waals surface area contributed by atoms with Crippen LogP contribution in [0.3, 0.4) is 0 Å². The molecule has 148 valence electrons. The average molecular weight is 384 g/mol. The van der Waals surface area contributed by atoms with Crippen molar-refractivity contribution >= 4 is 17.8 Å². The molecule has 2 atom stereocenters. The van der Waals surface area contributed by atoms with Gasteiger partial charge in [0.2, 0.25) is 5.95 Å². The maximum atomic E-state index is 13.0. The summed E-state index contributed by atoms with van der Waals surface area (Å²) in [4.78, 5) is 34.6. The molecule has 0 aliphatic carbocycles. The van der Waals surface area contributed by atoms with Crippen LogP contribution >= 0.6 is 0 Å². The summed E-state index contributed by atoms with van der Waals surface area (Å²) in [6.45, 7) is 4.25. The summed E-state index contributed by atoms with van der Waals surface area (Å²) >= 11 is 0. The number of ether oxygens (including phenoxy) is 1. The SMILES string of the molecule is COc1ccccc1[C@H]1CN(C(=O)c2cc(C(C)C)nc(N)n2)C[C@@H]1C(=O)O. The maximum Gasteiger partial charge on any atom is 0.308 e. The monoisotopic (exact) mass is 384 g/mol. The summed E-state index contributed by atoms with van der Waals surface area (Å²) in [7, 11) is 1.55. The molecule has 2 aromatic rings. The van der Waals surface area contributed by atoms with Gasteiger partial charge in [-0.25, -0.2) is 9.97 Å². The van der Waals surface area contributed by atoms with Crippen LogP contribution in [-0.4, -0.2) is 52.1 Å². The Kier molecular flexibility index (Phi) is 5.48. The second-order valence-electron chi connectivity index (χ2n) is 7.19. The fourth-order valence-electron chi connectivity index (χ4n) is 3.56. The number of aliphatic carboxylic acids is 1. The van der Waals surface area contributed by atoms with Crippen LogP contribution in [0.5, 0.6) is 5.75 Å². The Morgan fingerprint density at radius 2 is 1.96 bits per heavy atom. The van der Waals surface area contributed by atoms with Crippen molar-refractivity contribution in [1.82, 2.24) is 14.9 Å². The Hall–Kier alpha value is -3.16. The van der Waals surface area contributed by atoms with E-state index in [1.807, 2.05) is 32.0 Å². The van der Waals surface area contributed by atoms with E-state index in [1.165, 1.54) is 4.90 Å². The fourth-order valence-corrected chi connectivity index (χ4v) is 3.56. The zero-order valence-electron chi connectivity index (χ0n) is 16.1. The lowest BCUT2D eigenvalue weighted by molar-refractivity contribution is -0.141. The lowest BCUT2D eigenvalue weighted by Gasteiger charge is -2.18. The molecule has 0 radical (unpaired) electrons. The number of benzene rings is 1. The number of aromatic nitrogens is 2. The molecule has 0 unspecified atom stereocenters. The number of nitrogen functional groups attached to an aromatic ring is 1. The predicted octanol–water partition coefficient (Wildman–Crippen LogP) is 2.13. The molecule has 1 aliphatic rings. The van der Waals surface area contributed by atoms with Crippen molar-refractivity contribution < 1.29 is 19.4 Å². The highest BCUT2D eigenvalue weighted by atomic mass is 16.5. The Balaban J connectivity index is 1.92. The molecule has 1 amide bonds. The first-order valence-corrected chi connectivity index (χ1v) is 9.11. The minimum atomic E-state index is -0.948. The molecule has 2 heterocycles. The molecule has 1 aromatic heterocycles. The van der Waals surface area contributed by atoms with Gasteiger partial charge in [0.05, 0.1) is 13.0 Å². The van der Waals surface area contributed by atoms with Gasteiger partial charge in [-0.1, -0.05) is 32.0 Å². The number of nitrogens with zero attached hydrogens (tertiary/aromatic N) is 3. The van der Waals surface area contributed by atoms with Crippen molar-refractivity contribution in [3.05, 3.63) is 47.3 Å². The Morgan fingerprint density at radius 1 is 1.25 bits per heavy atom. The van der Waals surface area contributed by atoms with Crippen LogP contribution in [0.4, 0.5) is 5.95 Å². The number of carboxylic acids is 1. The number of rotatable bonds is 5. The molecule has 8 heteroatoms. The van der Waals surface area contributed by atoms with Gasteiger partial charge in [-0.2, -0.15) is 0 Å². The highest BCUT2D eigenvalue weighted by Crippen LogP contribution is 2.38. The van der Waals surface area contributed by atoms with Crippen molar-refractivity contribution in [3.63, 3.8) is 0 Å². The van der Waals surface area contributed by atoms with Gasteiger partial charge in [-0.15, -0.1) is 0 Å². The zero-order chi connectivity index (χ0) is 20.4. The van der Waals surface area contributed by atoms with Crippen LogP contribution in [0.1, 0.15) is 47.4 Å². The van der Waals surface area contributed by atoms with Gasteiger partial charge >= 0.3 is 5.97 Å². The summed E-state index contributed by atoms with van der Waals surface area (Å²) in [6.07, 6.45) is 0. The number of nitrogens with two attached hydrogens (primary N) is 1. The van der Waals surface area contributed by atoms with Crippen molar-refractivity contribution in [2.45, 2.75) is 25.7 Å². The van der Waals surface area contributed by atoms with Crippen LogP contribution in [-0.2, 0) is 4.79 Å². The molecular weight excluding hydrogens is 360 g/mol. The largest absolute Gasteiger partial charge is 0.496 e. The van der Waals surface area contributed by atoms with Crippen molar-refractivity contribution in [2.75, 3.05) is 25.9 Å². The molecule has 1 aromatic carbocycles. The van der Waals surface area contributed by atoms with Gasteiger partial charge in [0, 0.05) is 24.7 Å². The molecule has 0 bridgehead atoms. The van der Waals surface area contributed by atoms with Crippen LogP contribution in [0.2, 0.25) is 0 Å². The standard InChI is InChI=1S/C20H24N4O4/c1-11(2)15-8-16(23-20(21)22-15)18(25)24-9-13(14(10-24)19(26)27)12-6-4-5-7-17(12)28-3/h4-8,11,13-14H,9-10H2,1-3H3,(H,26,27)(H2,21,22,23)/t13-,14+/m1/s1. The van der Waals surface area contributed by atoms with Gasteiger partial charge in [0.15, 0.2) is 0 Å². The van der Waals surface area contributed by atoms with Crippen molar-refractivity contribution in [3.8, 4) is 5.75 Å². The number of carbonyl (C=O) groups is 2. The van der Waals surface area contributed by atoms with E-state index < -0.39 is 11.9 Å². The molecule has 1 fully saturated rings. The first-order chi connectivity index (χ1) is 13.3. The average Bonchev–Trinajstić information content (AvgIpc) is 3.12. The summed E-state index contributed by atoms with van der Waals surface area (Å²) in [5.74, 6) is -1.67. The molecule has 8 nitrogen and oxygen atoms in total. The smallest absolute Gasteiger partial charge is 0.308 e. The van der Waals surface area contributed by atoms with Crippen LogP contribution in [0.15, 0.2) is 30.3 Å². The number of anilines is 1. The van der Waals surface area contributed by atoms with Crippen LogP contribution < -0.4 is 10.5 Å². The number of methoxy groups -OCH3 is 1. The van der Waals surface area contributed by atoms with E-state index in [4.69, 9.17) is 10.5 Å². The van der Waals surface area contributed by atoms with Crippen LogP contribution in [0, 0.1) is 5.92 Å². The molecular formula is C20H24N4O4. The second-order valence-corrected chi connectivity index (χ2v) is 7.19. The third-order valence-corrected chi connectivity index (χ3v) is 5.04. The Bertz CT molecular complexity index is 900. The van der Waals surface area contributed by atoms with Gasteiger partial charge in [0.25, 0.3) is 5.91 Å². The third kappa shape index (κ3) is 3.76. The lowest BCUT2D eigenvalue weighted by Crippen LogP contribution is -2.31. The molecule has 28 heavy (non-hydrogen) atoms. The first kappa shape index (κ1) is 19.6. The van der Waals surface area contributed by atoms with Crippen molar-refractivity contribution in [1.29, 1.82) is 0 Å². The minimum absolute atomic E-state index is 0.0322. The van der Waals surface area contributed by atoms with Gasteiger partial charge in [-0.3, -0.25) is 9.59 Å². The summed E-state index contributed by atoms with van der Waals surface area (Å²) < 4.78 is 5.39. The number of carboxylic acid groups (broad SMARTS) is 1. The van der Waals surface area contributed by atoms with Gasteiger partial charge in [0.1, 0.15) is 11.4 Å². The number of likely N-dealkylation sites (tertiary alicyclic amines) is 1. The number of hydrogen-bond acceptors (Lipinski definition) is 6. The van der Waals surface area contributed by atoms with Crippen LogP contribution in [0.25, 0.3) is 0 Å². The Labute approximate surface area is 163 Å². The number of hydrogen-bond donors (Lipinski definition) is 2. The van der Waals surface area contributed by atoms with E-state index in [-0.39, 0.29) is 42.5 Å². The molecule has 3 N–H and O–H groups in total. The van der Waals surface area contributed by atoms with Crippen molar-refractivity contribution in [2.24, 2.45) is 5.92 Å². The molecule has 0 saturated carbocycles. The third-order valence-electron chi connectivity index (χ3n) is 5.04. The topological polar surface area (TPSA) is 119 Å². The summed E-state index contributed by atoms with van der Waals surface area (Å²) in [6, 6.07) is 8.91. The predicted molar refractivity (Wildman–Crippen MR) is 103 cm³/mol. The Morgan fingerprint density at radius 3 is 2.61 bits per heavy atom. The highest BCUT2D eigenvalue weighted by molar-refractivity contribution is 5.93. The maximum absolute atomic E-state index is 13.0. The summed E-state index contributed by atoms with van der Waals surface area (Å²) in [5, 5.41) is 9.72. The molecule has 1 aliphatic heterocycles.